The maximum Gasteiger partial charge on any atom is 0.119 e. The van der Waals surface area contributed by atoms with Gasteiger partial charge in [0, 0.05) is 6.04 Å². The minimum absolute atomic E-state index is 0. The van der Waals surface area contributed by atoms with Crippen LogP contribution in [0.1, 0.15) is 25.7 Å². The molecule has 0 heterocycles. The molecule has 0 bridgehead atoms. The summed E-state index contributed by atoms with van der Waals surface area (Å²) in [5.74, 6) is 0.940. The maximum absolute atomic E-state index is 6.00. The van der Waals surface area contributed by atoms with Gasteiger partial charge in [-0.3, -0.25) is 0 Å². The average Bonchev–Trinajstić information content (AvgIpc) is 2.23. The zero-order valence-electron chi connectivity index (χ0n) is 8.76. The summed E-state index contributed by atoms with van der Waals surface area (Å²) in [6.45, 7) is 0. The van der Waals surface area contributed by atoms with Crippen LogP contribution in [0.25, 0.3) is 0 Å². The van der Waals surface area contributed by atoms with Crippen molar-refractivity contribution in [1.82, 2.24) is 0 Å². The summed E-state index contributed by atoms with van der Waals surface area (Å²) >= 11 is 0. The fourth-order valence-electron chi connectivity index (χ4n) is 1.95. The molecule has 2 rings (SSSR count). The molecule has 0 aromatic heterocycles. The van der Waals surface area contributed by atoms with E-state index in [0.717, 1.165) is 18.6 Å². The highest BCUT2D eigenvalue weighted by Gasteiger charge is 2.22. The lowest BCUT2D eigenvalue weighted by molar-refractivity contribution is 0.132. The third-order valence-electron chi connectivity index (χ3n) is 2.78. The van der Waals surface area contributed by atoms with Crippen LogP contribution >= 0.6 is 12.4 Å². The molecular formula is C12H18ClNO. The second-order valence-electron chi connectivity index (χ2n) is 3.92. The molecule has 0 amide bonds. The minimum Gasteiger partial charge on any atom is -0.489 e. The molecule has 15 heavy (non-hydrogen) atoms. The van der Waals surface area contributed by atoms with Gasteiger partial charge in [0.1, 0.15) is 11.9 Å². The van der Waals surface area contributed by atoms with E-state index in [9.17, 15) is 0 Å². The first-order chi connectivity index (χ1) is 6.86. The van der Waals surface area contributed by atoms with Crippen molar-refractivity contribution in [1.29, 1.82) is 0 Å². The Labute approximate surface area is 97.2 Å². The minimum atomic E-state index is 0. The van der Waals surface area contributed by atoms with E-state index < -0.39 is 0 Å². The summed E-state index contributed by atoms with van der Waals surface area (Å²) in [4.78, 5) is 0. The van der Waals surface area contributed by atoms with Crippen molar-refractivity contribution >= 4 is 12.4 Å². The van der Waals surface area contributed by atoms with Crippen LogP contribution < -0.4 is 10.5 Å². The van der Waals surface area contributed by atoms with Gasteiger partial charge in [0.05, 0.1) is 0 Å². The molecule has 84 valence electrons. The molecule has 1 aliphatic rings. The van der Waals surface area contributed by atoms with E-state index in [1.165, 1.54) is 12.8 Å². The number of rotatable bonds is 2. The second kappa shape index (κ2) is 5.99. The van der Waals surface area contributed by atoms with Crippen LogP contribution in [0.15, 0.2) is 30.3 Å². The molecule has 2 atom stereocenters. The molecule has 3 heteroatoms. The molecule has 0 spiro atoms. The van der Waals surface area contributed by atoms with Gasteiger partial charge in [-0.25, -0.2) is 0 Å². The van der Waals surface area contributed by atoms with Gasteiger partial charge >= 0.3 is 0 Å². The summed E-state index contributed by atoms with van der Waals surface area (Å²) < 4.78 is 5.84. The second-order valence-corrected chi connectivity index (χ2v) is 3.92. The Bertz CT molecular complexity index is 278. The summed E-state index contributed by atoms with van der Waals surface area (Å²) in [6, 6.07) is 10.2. The fourth-order valence-corrected chi connectivity index (χ4v) is 1.95. The van der Waals surface area contributed by atoms with E-state index in [-0.39, 0.29) is 24.6 Å². The number of benzene rings is 1. The standard InChI is InChI=1S/C12H17NO.ClH/c13-11-8-4-5-9-12(11)14-10-6-2-1-3-7-10;/h1-3,6-7,11-12H,4-5,8-9,13H2;1H. The molecule has 0 saturated heterocycles. The van der Waals surface area contributed by atoms with E-state index in [1.807, 2.05) is 30.3 Å². The Morgan fingerprint density at radius 2 is 1.73 bits per heavy atom. The molecule has 1 aromatic rings. The highest BCUT2D eigenvalue weighted by Crippen LogP contribution is 2.22. The quantitative estimate of drug-likeness (QED) is 0.843. The van der Waals surface area contributed by atoms with Crippen molar-refractivity contribution in [3.63, 3.8) is 0 Å². The Hall–Kier alpha value is -0.730. The summed E-state index contributed by atoms with van der Waals surface area (Å²) in [5.41, 5.74) is 6.00. The Morgan fingerprint density at radius 3 is 2.40 bits per heavy atom. The van der Waals surface area contributed by atoms with Gasteiger partial charge in [0.2, 0.25) is 0 Å². The smallest absolute Gasteiger partial charge is 0.119 e. The molecular weight excluding hydrogens is 210 g/mol. The number of para-hydroxylation sites is 1. The predicted molar refractivity (Wildman–Crippen MR) is 64.5 cm³/mol. The summed E-state index contributed by atoms with van der Waals surface area (Å²) in [6.07, 6.45) is 4.89. The van der Waals surface area contributed by atoms with Gasteiger partial charge in [-0.15, -0.1) is 12.4 Å². The van der Waals surface area contributed by atoms with Gasteiger partial charge in [-0.2, -0.15) is 0 Å². The Balaban J connectivity index is 0.00000112. The molecule has 1 aliphatic carbocycles. The normalized spacial score (nSPS) is 25.4. The number of hydrogen-bond acceptors (Lipinski definition) is 2. The summed E-state index contributed by atoms with van der Waals surface area (Å²) in [5, 5.41) is 0. The van der Waals surface area contributed by atoms with Gasteiger partial charge in [0.15, 0.2) is 0 Å². The van der Waals surface area contributed by atoms with Gasteiger partial charge in [-0.1, -0.05) is 24.6 Å². The SMILES string of the molecule is Cl.NC1CCCCC1Oc1ccccc1. The Kier molecular flexibility index (Phi) is 4.92. The summed E-state index contributed by atoms with van der Waals surface area (Å²) in [7, 11) is 0. The zero-order chi connectivity index (χ0) is 9.80. The number of nitrogens with two attached hydrogens (primary N) is 1. The molecule has 2 unspecified atom stereocenters. The third-order valence-corrected chi connectivity index (χ3v) is 2.78. The molecule has 2 N–H and O–H groups in total. The zero-order valence-corrected chi connectivity index (χ0v) is 9.58. The highest BCUT2D eigenvalue weighted by molar-refractivity contribution is 5.85. The van der Waals surface area contributed by atoms with Crippen LogP contribution in [0.4, 0.5) is 0 Å². The lowest BCUT2D eigenvalue weighted by atomic mass is 9.93. The first-order valence-corrected chi connectivity index (χ1v) is 5.33. The van der Waals surface area contributed by atoms with Crippen molar-refractivity contribution in [2.24, 2.45) is 5.73 Å². The largest absolute Gasteiger partial charge is 0.489 e. The van der Waals surface area contributed by atoms with Crippen molar-refractivity contribution in [2.45, 2.75) is 37.8 Å². The van der Waals surface area contributed by atoms with E-state index >= 15 is 0 Å². The van der Waals surface area contributed by atoms with E-state index in [4.69, 9.17) is 10.5 Å². The number of ether oxygens (including phenoxy) is 1. The van der Waals surface area contributed by atoms with Crippen LogP contribution in [0.3, 0.4) is 0 Å². The molecule has 2 nitrogen and oxygen atoms in total. The molecule has 1 saturated carbocycles. The molecule has 0 radical (unpaired) electrons. The van der Waals surface area contributed by atoms with Crippen molar-refractivity contribution < 1.29 is 4.74 Å². The van der Waals surface area contributed by atoms with Crippen LogP contribution in [0.5, 0.6) is 5.75 Å². The lowest BCUT2D eigenvalue weighted by Crippen LogP contribution is -2.41. The van der Waals surface area contributed by atoms with Crippen LogP contribution in [-0.4, -0.2) is 12.1 Å². The highest BCUT2D eigenvalue weighted by atomic mass is 35.5. The van der Waals surface area contributed by atoms with Crippen molar-refractivity contribution in [3.8, 4) is 5.75 Å². The van der Waals surface area contributed by atoms with Gasteiger partial charge in [0.25, 0.3) is 0 Å². The van der Waals surface area contributed by atoms with E-state index in [2.05, 4.69) is 0 Å². The van der Waals surface area contributed by atoms with Crippen molar-refractivity contribution in [3.05, 3.63) is 30.3 Å². The average molecular weight is 228 g/mol. The van der Waals surface area contributed by atoms with E-state index in [1.54, 1.807) is 0 Å². The molecule has 0 aliphatic heterocycles. The Morgan fingerprint density at radius 1 is 1.07 bits per heavy atom. The monoisotopic (exact) mass is 227 g/mol. The first kappa shape index (κ1) is 12.3. The predicted octanol–water partition coefficient (Wildman–Crippen LogP) is 2.76. The lowest BCUT2D eigenvalue weighted by Gasteiger charge is -2.29. The number of hydrogen-bond donors (Lipinski definition) is 1. The van der Waals surface area contributed by atoms with Gasteiger partial charge in [-0.05, 0) is 31.4 Å². The van der Waals surface area contributed by atoms with E-state index in [0.29, 0.717) is 0 Å². The molecule has 1 aromatic carbocycles. The van der Waals surface area contributed by atoms with Crippen LogP contribution in [-0.2, 0) is 0 Å². The fraction of sp³-hybridized carbons (Fsp3) is 0.500. The topological polar surface area (TPSA) is 35.2 Å². The van der Waals surface area contributed by atoms with Crippen molar-refractivity contribution in [2.75, 3.05) is 0 Å². The number of halogens is 1. The van der Waals surface area contributed by atoms with Gasteiger partial charge < -0.3 is 10.5 Å². The van der Waals surface area contributed by atoms with Crippen LogP contribution in [0.2, 0.25) is 0 Å². The molecule has 1 fully saturated rings. The third kappa shape index (κ3) is 3.40. The first-order valence-electron chi connectivity index (χ1n) is 5.33. The van der Waals surface area contributed by atoms with Crippen LogP contribution in [0, 0.1) is 0 Å². The maximum atomic E-state index is 6.00.